The number of carbonyl (C=O) groups is 1. The Bertz CT molecular complexity index is 709. The molecule has 0 atom stereocenters. The van der Waals surface area contributed by atoms with Crippen LogP contribution in [0.3, 0.4) is 0 Å². The van der Waals surface area contributed by atoms with Gasteiger partial charge in [0.25, 0.3) is 0 Å². The largest absolute Gasteiger partial charge is 0.489 e. The van der Waals surface area contributed by atoms with Crippen molar-refractivity contribution < 1.29 is 9.53 Å². The van der Waals surface area contributed by atoms with Gasteiger partial charge in [0.15, 0.2) is 5.96 Å². The molecule has 2 amide bonds. The smallest absolute Gasteiger partial charge is 0.348 e. The highest BCUT2D eigenvalue weighted by atomic mass is 35.5. The van der Waals surface area contributed by atoms with Crippen LogP contribution in [0, 0.1) is 0 Å². The highest BCUT2D eigenvalue weighted by Crippen LogP contribution is 2.35. The first-order valence-corrected chi connectivity index (χ1v) is 7.27. The average molecular weight is 353 g/mol. The molecule has 23 heavy (non-hydrogen) atoms. The van der Waals surface area contributed by atoms with E-state index in [0.717, 1.165) is 5.56 Å². The average Bonchev–Trinajstić information content (AvgIpc) is 2.49. The van der Waals surface area contributed by atoms with Crippen LogP contribution in [0.5, 0.6) is 5.75 Å². The van der Waals surface area contributed by atoms with Crippen LogP contribution in [0.4, 0.5) is 10.5 Å². The topological polar surface area (TPSA) is 103 Å². The highest BCUT2D eigenvalue weighted by Gasteiger charge is 2.12. The number of amides is 2. The molecule has 6 nitrogen and oxygen atoms in total. The molecule has 2 aromatic carbocycles. The fourth-order valence-electron chi connectivity index (χ4n) is 1.75. The predicted molar refractivity (Wildman–Crippen MR) is 92.1 cm³/mol. The third-order valence-corrected chi connectivity index (χ3v) is 3.32. The number of nitrogens with one attached hydrogen (secondary N) is 1. The van der Waals surface area contributed by atoms with Gasteiger partial charge in [0.2, 0.25) is 0 Å². The molecule has 0 bridgehead atoms. The number of hydrogen-bond donors (Lipinski definition) is 3. The van der Waals surface area contributed by atoms with E-state index in [9.17, 15) is 4.79 Å². The van der Waals surface area contributed by atoms with E-state index in [0.29, 0.717) is 12.4 Å². The Morgan fingerprint density at radius 1 is 1.13 bits per heavy atom. The monoisotopic (exact) mass is 352 g/mol. The minimum absolute atomic E-state index is 0.204. The first kappa shape index (κ1) is 16.9. The summed E-state index contributed by atoms with van der Waals surface area (Å²) in [5.74, 6) is 0.112. The first-order valence-electron chi connectivity index (χ1n) is 6.52. The highest BCUT2D eigenvalue weighted by molar-refractivity contribution is 6.40. The van der Waals surface area contributed by atoms with Crippen LogP contribution in [0.15, 0.2) is 47.5 Å². The Kier molecular flexibility index (Phi) is 5.67. The van der Waals surface area contributed by atoms with Crippen molar-refractivity contribution in [1.29, 1.82) is 0 Å². The van der Waals surface area contributed by atoms with E-state index < -0.39 is 6.03 Å². The zero-order chi connectivity index (χ0) is 16.8. The number of halogens is 2. The Morgan fingerprint density at radius 2 is 1.74 bits per heavy atom. The Labute approximate surface area is 143 Å². The minimum atomic E-state index is -0.772. The number of nitrogens with zero attached hydrogens (tertiary/aromatic N) is 1. The summed E-state index contributed by atoms with van der Waals surface area (Å²) < 4.78 is 5.63. The molecule has 0 unspecified atom stereocenters. The van der Waals surface area contributed by atoms with Gasteiger partial charge >= 0.3 is 6.03 Å². The van der Waals surface area contributed by atoms with Crippen molar-refractivity contribution >= 4 is 40.9 Å². The minimum Gasteiger partial charge on any atom is -0.489 e. The van der Waals surface area contributed by atoms with Crippen molar-refractivity contribution in [3.63, 3.8) is 0 Å². The summed E-state index contributed by atoms with van der Waals surface area (Å²) in [6.45, 7) is 0.368. The second kappa shape index (κ2) is 7.71. The lowest BCUT2D eigenvalue weighted by Crippen LogP contribution is -2.25. The van der Waals surface area contributed by atoms with Gasteiger partial charge < -0.3 is 21.5 Å². The quantitative estimate of drug-likeness (QED) is 0.579. The van der Waals surface area contributed by atoms with E-state index in [2.05, 4.69) is 10.3 Å². The Hall–Kier alpha value is -2.44. The van der Waals surface area contributed by atoms with E-state index in [-0.39, 0.29) is 21.7 Å². The van der Waals surface area contributed by atoms with Gasteiger partial charge in [-0.3, -0.25) is 0 Å². The molecule has 0 saturated heterocycles. The maximum Gasteiger partial charge on any atom is 0.348 e. The van der Waals surface area contributed by atoms with Crippen molar-refractivity contribution in [3.8, 4) is 5.75 Å². The molecule has 0 aliphatic carbocycles. The zero-order valence-corrected chi connectivity index (χ0v) is 13.4. The molecule has 0 radical (unpaired) electrons. The number of nitrogens with two attached hydrogens (primary N) is 2. The maximum atomic E-state index is 11.5. The van der Waals surface area contributed by atoms with Gasteiger partial charge in [0, 0.05) is 12.1 Å². The van der Waals surface area contributed by atoms with Gasteiger partial charge in [-0.15, -0.1) is 0 Å². The summed E-state index contributed by atoms with van der Waals surface area (Å²) in [4.78, 5) is 14.8. The number of rotatable bonds is 4. The van der Waals surface area contributed by atoms with Crippen molar-refractivity contribution in [3.05, 3.63) is 58.1 Å². The van der Waals surface area contributed by atoms with Crippen LogP contribution >= 0.6 is 23.2 Å². The number of guanidine groups is 1. The van der Waals surface area contributed by atoms with Gasteiger partial charge in [-0.05, 0) is 5.56 Å². The van der Waals surface area contributed by atoms with Crippen LogP contribution in [0.2, 0.25) is 10.0 Å². The van der Waals surface area contributed by atoms with Crippen LogP contribution in [0.25, 0.3) is 0 Å². The van der Waals surface area contributed by atoms with E-state index >= 15 is 0 Å². The van der Waals surface area contributed by atoms with Crippen LogP contribution in [-0.2, 0) is 6.61 Å². The van der Waals surface area contributed by atoms with Crippen molar-refractivity contribution in [2.45, 2.75) is 6.61 Å². The summed E-state index contributed by atoms with van der Waals surface area (Å²) in [7, 11) is 0. The molecule has 2 rings (SSSR count). The molecule has 0 spiro atoms. The van der Waals surface area contributed by atoms with Gasteiger partial charge in [-0.25, -0.2) is 4.79 Å². The Balaban J connectivity index is 2.10. The molecular formula is C15H14Cl2N4O2. The second-order valence-electron chi connectivity index (χ2n) is 4.50. The number of carbonyl (C=O) groups excluding carboxylic acids is 1. The van der Waals surface area contributed by atoms with Gasteiger partial charge in [-0.1, -0.05) is 53.5 Å². The fraction of sp³-hybridized carbons (Fsp3) is 0.0667. The molecule has 0 aliphatic rings. The van der Waals surface area contributed by atoms with E-state index in [1.807, 2.05) is 30.3 Å². The summed E-state index contributed by atoms with van der Waals surface area (Å²) >= 11 is 12.2. The first-order chi connectivity index (χ1) is 11.0. The molecule has 0 heterocycles. The van der Waals surface area contributed by atoms with Gasteiger partial charge in [-0.2, -0.15) is 4.99 Å². The molecule has 2 aromatic rings. The normalized spacial score (nSPS) is 10.0. The zero-order valence-electron chi connectivity index (χ0n) is 11.9. The summed E-state index contributed by atoms with van der Waals surface area (Å²) in [5, 5.41) is 2.82. The summed E-state index contributed by atoms with van der Waals surface area (Å²) in [5.41, 5.74) is 11.5. The lowest BCUT2D eigenvalue weighted by atomic mass is 10.2. The molecule has 0 fully saturated rings. The maximum absolute atomic E-state index is 11.5. The van der Waals surface area contributed by atoms with Gasteiger partial charge in [0.1, 0.15) is 12.4 Å². The number of urea groups is 1. The van der Waals surface area contributed by atoms with Crippen molar-refractivity contribution in [2.75, 3.05) is 5.32 Å². The molecule has 0 aromatic heterocycles. The number of ether oxygens (including phenoxy) is 1. The third-order valence-electron chi connectivity index (χ3n) is 2.73. The molecule has 0 aliphatic heterocycles. The van der Waals surface area contributed by atoms with Crippen molar-refractivity contribution in [1.82, 2.24) is 0 Å². The van der Waals surface area contributed by atoms with Crippen LogP contribution in [-0.4, -0.2) is 12.0 Å². The lowest BCUT2D eigenvalue weighted by molar-refractivity contribution is 0.259. The number of aliphatic imine (C=N–C) groups is 1. The summed E-state index contributed by atoms with van der Waals surface area (Å²) in [6, 6.07) is 11.9. The Morgan fingerprint density at radius 3 is 2.30 bits per heavy atom. The lowest BCUT2D eigenvalue weighted by Gasteiger charge is -2.11. The van der Waals surface area contributed by atoms with Gasteiger partial charge in [0.05, 0.1) is 15.7 Å². The second-order valence-corrected chi connectivity index (χ2v) is 5.32. The van der Waals surface area contributed by atoms with Crippen molar-refractivity contribution in [2.24, 2.45) is 16.5 Å². The molecule has 8 heteroatoms. The number of anilines is 1. The summed E-state index contributed by atoms with van der Waals surface area (Å²) in [6.07, 6.45) is 0. The van der Waals surface area contributed by atoms with Crippen LogP contribution in [0.1, 0.15) is 5.56 Å². The van der Waals surface area contributed by atoms with E-state index in [4.69, 9.17) is 39.4 Å². The predicted octanol–water partition coefficient (Wildman–Crippen LogP) is 3.38. The molecule has 120 valence electrons. The SMILES string of the molecule is NC(N)=NC(=O)Nc1c(Cl)cc(OCc2ccccc2)cc1Cl. The van der Waals surface area contributed by atoms with E-state index in [1.54, 1.807) is 12.1 Å². The molecular weight excluding hydrogens is 339 g/mol. The molecule has 5 N–H and O–H groups in total. The number of hydrogen-bond acceptors (Lipinski definition) is 2. The fourth-order valence-corrected chi connectivity index (χ4v) is 2.31. The standard InChI is InChI=1S/C15H14Cl2N4O2/c16-11-6-10(23-8-9-4-2-1-3-5-9)7-12(17)13(11)20-15(22)21-14(18)19/h1-7H,8H2,(H5,18,19,20,21,22). The molecule has 0 saturated carbocycles. The number of benzene rings is 2. The third kappa shape index (κ3) is 5.05. The van der Waals surface area contributed by atoms with Crippen LogP contribution < -0.4 is 21.5 Å². The van der Waals surface area contributed by atoms with E-state index in [1.165, 1.54) is 0 Å².